The maximum atomic E-state index is 12.1. The Balaban J connectivity index is 1.27. The number of likely N-dealkylation sites (tertiary alicyclic amines) is 1. The van der Waals surface area contributed by atoms with Crippen LogP contribution in [0.2, 0.25) is 0 Å². The van der Waals surface area contributed by atoms with Crippen LogP contribution in [0.1, 0.15) is 51.4 Å². The third kappa shape index (κ3) is 5.13. The molecule has 0 aromatic carbocycles. The first-order valence-electron chi connectivity index (χ1n) is 9.07. The van der Waals surface area contributed by atoms with Crippen LogP contribution in [-0.2, 0) is 9.47 Å². The van der Waals surface area contributed by atoms with Crippen LogP contribution >= 0.6 is 0 Å². The number of amides is 2. The number of urea groups is 1. The SMILES string of the molecule is O=C(NCCC1CC1)N1CCC(OC[C@H]2CCCCO2)CC1. The van der Waals surface area contributed by atoms with Gasteiger partial charge in [0.05, 0.1) is 18.8 Å². The topological polar surface area (TPSA) is 50.8 Å². The van der Waals surface area contributed by atoms with Crippen LogP contribution in [0.4, 0.5) is 4.79 Å². The Bertz CT molecular complexity index is 346. The zero-order valence-corrected chi connectivity index (χ0v) is 13.6. The number of carbonyl (C=O) groups excluding carboxylic acids is 1. The quantitative estimate of drug-likeness (QED) is 0.820. The lowest BCUT2D eigenvalue weighted by Gasteiger charge is -2.33. The second-order valence-electron chi connectivity index (χ2n) is 6.97. The lowest BCUT2D eigenvalue weighted by atomic mass is 10.1. The largest absolute Gasteiger partial charge is 0.376 e. The summed E-state index contributed by atoms with van der Waals surface area (Å²) in [5.74, 6) is 0.876. The molecule has 0 spiro atoms. The molecule has 1 N–H and O–H groups in total. The van der Waals surface area contributed by atoms with Gasteiger partial charge >= 0.3 is 6.03 Å². The van der Waals surface area contributed by atoms with E-state index in [-0.39, 0.29) is 12.1 Å². The maximum absolute atomic E-state index is 12.1. The molecule has 0 aromatic heterocycles. The lowest BCUT2D eigenvalue weighted by Crippen LogP contribution is -2.46. The number of nitrogens with one attached hydrogen (secondary N) is 1. The molecule has 3 fully saturated rings. The molecular weight excluding hydrogens is 280 g/mol. The lowest BCUT2D eigenvalue weighted by molar-refractivity contribution is -0.0728. The standard InChI is InChI=1S/C17H30N2O3/c20-17(18-9-6-14-4-5-14)19-10-7-15(8-11-19)22-13-16-3-1-2-12-21-16/h14-16H,1-13H2,(H,18,20)/t16-/m1/s1. The van der Waals surface area contributed by atoms with Gasteiger partial charge in [-0.05, 0) is 44.4 Å². The molecule has 0 unspecified atom stereocenters. The van der Waals surface area contributed by atoms with Crippen molar-refractivity contribution in [3.05, 3.63) is 0 Å². The number of carbonyl (C=O) groups is 1. The normalized spacial score (nSPS) is 26.9. The van der Waals surface area contributed by atoms with Crippen LogP contribution in [0, 0.1) is 5.92 Å². The van der Waals surface area contributed by atoms with Gasteiger partial charge in [-0.3, -0.25) is 0 Å². The molecule has 2 amide bonds. The van der Waals surface area contributed by atoms with Gasteiger partial charge in [-0.2, -0.15) is 0 Å². The van der Waals surface area contributed by atoms with Crippen molar-refractivity contribution in [3.63, 3.8) is 0 Å². The van der Waals surface area contributed by atoms with Crippen molar-refractivity contribution in [1.29, 1.82) is 0 Å². The molecule has 22 heavy (non-hydrogen) atoms. The number of piperidine rings is 1. The van der Waals surface area contributed by atoms with E-state index in [4.69, 9.17) is 9.47 Å². The molecule has 1 atom stereocenters. The van der Waals surface area contributed by atoms with Gasteiger partial charge < -0.3 is 19.7 Å². The Morgan fingerprint density at radius 3 is 2.64 bits per heavy atom. The van der Waals surface area contributed by atoms with Crippen molar-refractivity contribution in [3.8, 4) is 0 Å². The van der Waals surface area contributed by atoms with Crippen molar-refractivity contribution >= 4 is 6.03 Å². The highest BCUT2D eigenvalue weighted by atomic mass is 16.5. The van der Waals surface area contributed by atoms with E-state index in [1.54, 1.807) is 0 Å². The highest BCUT2D eigenvalue weighted by Crippen LogP contribution is 2.31. The summed E-state index contributed by atoms with van der Waals surface area (Å²) >= 11 is 0. The van der Waals surface area contributed by atoms with Crippen molar-refractivity contribution in [1.82, 2.24) is 10.2 Å². The van der Waals surface area contributed by atoms with Crippen molar-refractivity contribution in [2.75, 3.05) is 32.8 Å². The van der Waals surface area contributed by atoms with Crippen LogP contribution in [-0.4, -0.2) is 56.0 Å². The van der Waals surface area contributed by atoms with E-state index >= 15 is 0 Å². The fourth-order valence-electron chi connectivity index (χ4n) is 3.31. The van der Waals surface area contributed by atoms with E-state index in [1.807, 2.05) is 4.90 Å². The van der Waals surface area contributed by atoms with Gasteiger partial charge in [0.15, 0.2) is 0 Å². The molecular formula is C17H30N2O3. The number of rotatable bonds is 6. The molecule has 1 saturated carbocycles. The molecule has 3 aliphatic rings. The fraction of sp³-hybridized carbons (Fsp3) is 0.941. The summed E-state index contributed by atoms with van der Waals surface area (Å²) in [4.78, 5) is 14.0. The van der Waals surface area contributed by atoms with Gasteiger partial charge in [0.25, 0.3) is 0 Å². The second-order valence-corrected chi connectivity index (χ2v) is 6.97. The summed E-state index contributed by atoms with van der Waals surface area (Å²) in [6, 6.07) is 0.106. The summed E-state index contributed by atoms with van der Waals surface area (Å²) < 4.78 is 11.7. The molecule has 2 heterocycles. The average Bonchev–Trinajstić information content (AvgIpc) is 3.38. The molecule has 3 rings (SSSR count). The minimum atomic E-state index is 0.106. The van der Waals surface area contributed by atoms with Gasteiger partial charge in [-0.15, -0.1) is 0 Å². The van der Waals surface area contributed by atoms with Crippen LogP contribution in [0.5, 0.6) is 0 Å². The van der Waals surface area contributed by atoms with E-state index in [0.717, 1.165) is 64.4 Å². The summed E-state index contributed by atoms with van der Waals surface area (Å²) in [6.45, 7) is 4.06. The summed E-state index contributed by atoms with van der Waals surface area (Å²) in [5.41, 5.74) is 0. The number of ether oxygens (including phenoxy) is 2. The Hall–Kier alpha value is -0.810. The first-order chi connectivity index (χ1) is 10.8. The molecule has 5 heteroatoms. The van der Waals surface area contributed by atoms with Crippen LogP contribution in [0.3, 0.4) is 0 Å². The van der Waals surface area contributed by atoms with Crippen molar-refractivity contribution in [2.24, 2.45) is 5.92 Å². The zero-order valence-electron chi connectivity index (χ0n) is 13.6. The van der Waals surface area contributed by atoms with Crippen LogP contribution in [0.25, 0.3) is 0 Å². The maximum Gasteiger partial charge on any atom is 0.317 e. The van der Waals surface area contributed by atoms with Gasteiger partial charge in [-0.25, -0.2) is 4.79 Å². The fourth-order valence-corrected chi connectivity index (χ4v) is 3.31. The minimum Gasteiger partial charge on any atom is -0.376 e. The monoisotopic (exact) mass is 310 g/mol. The van der Waals surface area contributed by atoms with E-state index in [2.05, 4.69) is 5.32 Å². The average molecular weight is 310 g/mol. The molecule has 1 aliphatic carbocycles. The van der Waals surface area contributed by atoms with E-state index in [1.165, 1.54) is 25.7 Å². The molecule has 0 aromatic rings. The Morgan fingerprint density at radius 1 is 1.14 bits per heavy atom. The van der Waals surface area contributed by atoms with Crippen LogP contribution < -0.4 is 5.32 Å². The first kappa shape index (κ1) is 16.1. The van der Waals surface area contributed by atoms with E-state index in [0.29, 0.717) is 6.10 Å². The van der Waals surface area contributed by atoms with Crippen LogP contribution in [0.15, 0.2) is 0 Å². The predicted molar refractivity (Wildman–Crippen MR) is 84.9 cm³/mol. The molecule has 126 valence electrons. The summed E-state index contributed by atoms with van der Waals surface area (Å²) in [5, 5.41) is 3.05. The number of hydrogen-bond acceptors (Lipinski definition) is 3. The molecule has 5 nitrogen and oxygen atoms in total. The number of nitrogens with zero attached hydrogens (tertiary/aromatic N) is 1. The summed E-state index contributed by atoms with van der Waals surface area (Å²) in [7, 11) is 0. The molecule has 2 saturated heterocycles. The van der Waals surface area contributed by atoms with Gasteiger partial charge in [0.1, 0.15) is 0 Å². The highest BCUT2D eigenvalue weighted by molar-refractivity contribution is 5.74. The van der Waals surface area contributed by atoms with Gasteiger partial charge in [-0.1, -0.05) is 12.8 Å². The molecule has 0 radical (unpaired) electrons. The third-order valence-electron chi connectivity index (χ3n) is 5.05. The van der Waals surface area contributed by atoms with Crippen molar-refractivity contribution in [2.45, 2.75) is 63.6 Å². The Labute approximate surface area is 133 Å². The van der Waals surface area contributed by atoms with Crippen molar-refractivity contribution < 1.29 is 14.3 Å². The molecule has 2 aliphatic heterocycles. The van der Waals surface area contributed by atoms with E-state index < -0.39 is 0 Å². The highest BCUT2D eigenvalue weighted by Gasteiger charge is 2.25. The third-order valence-corrected chi connectivity index (χ3v) is 5.05. The molecule has 0 bridgehead atoms. The Morgan fingerprint density at radius 2 is 1.95 bits per heavy atom. The summed E-state index contributed by atoms with van der Waals surface area (Å²) in [6.07, 6.45) is 9.89. The number of hydrogen-bond donors (Lipinski definition) is 1. The van der Waals surface area contributed by atoms with E-state index in [9.17, 15) is 4.79 Å². The predicted octanol–water partition coefficient (Wildman–Crippen LogP) is 2.55. The first-order valence-corrected chi connectivity index (χ1v) is 9.07. The smallest absolute Gasteiger partial charge is 0.317 e. The van der Waals surface area contributed by atoms with Gasteiger partial charge in [0.2, 0.25) is 0 Å². The minimum absolute atomic E-state index is 0.106. The Kier molecular flexibility index (Phi) is 5.96. The van der Waals surface area contributed by atoms with Gasteiger partial charge in [0, 0.05) is 26.2 Å². The zero-order chi connectivity index (χ0) is 15.2. The second kappa shape index (κ2) is 8.16.